The topological polar surface area (TPSA) is 181 Å². The summed E-state index contributed by atoms with van der Waals surface area (Å²) >= 11 is 5.86. The fourth-order valence-corrected chi connectivity index (χ4v) is 7.61. The Morgan fingerprint density at radius 1 is 0.618 bits per heavy atom. The number of nitrogens with zero attached hydrogens (tertiary/aromatic N) is 8. The first-order valence-electron chi connectivity index (χ1n) is 24.9. The van der Waals surface area contributed by atoms with E-state index in [1.807, 2.05) is 146 Å². The van der Waals surface area contributed by atoms with Gasteiger partial charge in [-0.25, -0.2) is 19.9 Å². The van der Waals surface area contributed by atoms with Gasteiger partial charge in [0.25, 0.3) is 0 Å². The highest BCUT2D eigenvalue weighted by Gasteiger charge is 2.14. The quantitative estimate of drug-likeness (QED) is 0.0311. The lowest BCUT2D eigenvalue weighted by Crippen LogP contribution is -2.29. The summed E-state index contributed by atoms with van der Waals surface area (Å²) in [4.78, 5) is 49.6. The number of hydrogen-bond acceptors (Lipinski definition) is 13. The molecule has 0 aliphatic carbocycles. The summed E-state index contributed by atoms with van der Waals surface area (Å²) < 4.78 is 0. The zero-order valence-electron chi connectivity index (χ0n) is 44.7. The average Bonchev–Trinajstić information content (AvgIpc) is 3.43. The van der Waals surface area contributed by atoms with E-state index in [9.17, 15) is 9.59 Å². The number of para-hydroxylation sites is 2. The van der Waals surface area contributed by atoms with Crippen LogP contribution < -0.4 is 31.5 Å². The smallest absolute Gasteiger partial charge is 0.247 e. The lowest BCUT2D eigenvalue weighted by Gasteiger charge is -2.24. The summed E-state index contributed by atoms with van der Waals surface area (Å²) in [6, 6.07) is 43.8. The van der Waals surface area contributed by atoms with E-state index in [1.54, 1.807) is 12.3 Å². The largest absolute Gasteiger partial charge is 0.399 e. The molecule has 0 spiro atoms. The van der Waals surface area contributed by atoms with E-state index in [0.29, 0.717) is 29.6 Å². The highest BCUT2D eigenvalue weighted by Crippen LogP contribution is 2.33. The molecule has 8 rings (SSSR count). The second kappa shape index (κ2) is 30.2. The number of anilines is 7. The number of rotatable bonds is 18. The Kier molecular flexibility index (Phi) is 23.3. The minimum Gasteiger partial charge on any atom is -0.399 e. The Labute approximate surface area is 452 Å². The first-order valence-corrected chi connectivity index (χ1v) is 25.3. The number of fused-ring (bicyclic) bond motifs is 2. The molecule has 6 N–H and O–H groups in total. The Morgan fingerprint density at radius 2 is 1.11 bits per heavy atom. The number of nitrogens with one attached hydrogen (secondary N) is 3. The number of carbonyl (C=O) groups is 2. The molecule has 6 aromatic carbocycles. The summed E-state index contributed by atoms with van der Waals surface area (Å²) in [6.45, 7) is 12.9. The van der Waals surface area contributed by atoms with Gasteiger partial charge in [-0.1, -0.05) is 124 Å². The van der Waals surface area contributed by atoms with E-state index in [2.05, 4.69) is 101 Å². The van der Waals surface area contributed by atoms with Crippen LogP contribution in [0.2, 0.25) is 5.28 Å². The lowest BCUT2D eigenvalue weighted by atomic mass is 10.0. The first-order chi connectivity index (χ1) is 36.6. The van der Waals surface area contributed by atoms with Crippen LogP contribution in [0.1, 0.15) is 19.8 Å². The molecule has 2 heterocycles. The van der Waals surface area contributed by atoms with E-state index in [1.165, 1.54) is 12.2 Å². The molecular weight excluding hydrogens is 972 g/mol. The number of benzene rings is 6. The van der Waals surface area contributed by atoms with Crippen molar-refractivity contribution in [3.63, 3.8) is 0 Å². The maximum absolute atomic E-state index is 12.1. The van der Waals surface area contributed by atoms with Crippen LogP contribution in [0.25, 0.3) is 44.1 Å². The Hall–Kier alpha value is -8.21. The van der Waals surface area contributed by atoms with Gasteiger partial charge in [0.1, 0.15) is 0 Å². The molecule has 0 aliphatic heterocycles. The van der Waals surface area contributed by atoms with Crippen LogP contribution in [0.4, 0.5) is 40.1 Å². The third-order valence-electron chi connectivity index (χ3n) is 11.6. The second-order valence-corrected chi connectivity index (χ2v) is 18.4. The molecule has 0 bridgehead atoms. The van der Waals surface area contributed by atoms with Gasteiger partial charge in [0.05, 0.1) is 33.8 Å². The maximum Gasteiger partial charge on any atom is 0.247 e. The van der Waals surface area contributed by atoms with E-state index < -0.39 is 0 Å². The van der Waals surface area contributed by atoms with Crippen molar-refractivity contribution in [3.8, 4) is 22.3 Å². The minimum absolute atomic E-state index is 0.243. The van der Waals surface area contributed by atoms with E-state index in [0.717, 1.165) is 100 Å². The monoisotopic (exact) mass is 1040 g/mol. The fourth-order valence-electron chi connectivity index (χ4n) is 7.48. The average molecular weight is 1040 g/mol. The fraction of sp³-hybridized carbons (Fsp3) is 0.233. The van der Waals surface area contributed by atoms with Crippen LogP contribution in [0.3, 0.4) is 0 Å². The minimum atomic E-state index is -0.265. The molecule has 0 aliphatic rings. The normalized spacial score (nSPS) is 10.5. The molecule has 2 amide bonds. The van der Waals surface area contributed by atoms with Crippen LogP contribution in [0, 0.1) is 0 Å². The van der Waals surface area contributed by atoms with Gasteiger partial charge >= 0.3 is 0 Å². The third kappa shape index (κ3) is 18.0. The lowest BCUT2D eigenvalue weighted by molar-refractivity contribution is -0.112. The number of carbonyl (C=O) groups excluding carboxylic acids is 2. The zero-order chi connectivity index (χ0) is 55.0. The van der Waals surface area contributed by atoms with Crippen LogP contribution in [0.5, 0.6) is 0 Å². The summed E-state index contributed by atoms with van der Waals surface area (Å²) in [7, 11) is 12.1. The zero-order valence-corrected chi connectivity index (χ0v) is 45.4. The van der Waals surface area contributed by atoms with E-state index in [-0.39, 0.29) is 17.1 Å². The molecular formula is C60H71ClN12O3. The SMILES string of the molecule is C=CC(=O)Nc1cc(N)ccc1N(C)CCN(C)C.C=CC(=O)Nc1cc(Nc2ncc3cccc(-c4ccccc4)c3n2)ccc1N(C)CCN(C)C.CCCCO.Clc1ncc2cccc(-c3ccccc3)c2n1. The van der Waals surface area contributed by atoms with Crippen LogP contribution in [-0.4, -0.2) is 122 Å². The van der Waals surface area contributed by atoms with Gasteiger partial charge in [-0.2, -0.15) is 0 Å². The van der Waals surface area contributed by atoms with Crippen molar-refractivity contribution in [1.29, 1.82) is 0 Å². The van der Waals surface area contributed by atoms with Crippen molar-refractivity contribution in [2.75, 3.05) is 107 Å². The van der Waals surface area contributed by atoms with Gasteiger partial charge in [-0.15, -0.1) is 0 Å². The molecule has 396 valence electrons. The number of halogens is 1. The standard InChI is InChI=1S/C28H30N6O.C14H9ClN2.C14H22N4O.C4H10O/c1-5-26(35)31-24-18-22(14-15-25(24)34(4)17-16-33(2)3)30-28-29-19-21-12-9-13-23(27(21)32-28)20-10-7-6-8-11-20;15-14-16-9-11-7-4-8-12(13(11)17-14)10-5-2-1-3-6-10;1-5-14(19)16-12-10-11(15)6-7-13(12)18(4)9-8-17(2)3;1-2-3-4-5/h5-15,18-19H,1,16-17H2,2-4H3,(H,31,35)(H,29,30,32);1-9H;5-7,10H,1,8-9,15H2,2-4H3,(H,16,19);5H,2-4H2,1H3. The first kappa shape index (κ1) is 58.7. The molecule has 0 unspecified atom stereocenters. The van der Waals surface area contributed by atoms with Crippen molar-refractivity contribution >= 4 is 85.3 Å². The number of aliphatic hydroxyl groups is 1. The van der Waals surface area contributed by atoms with Gasteiger partial charge < -0.3 is 46.4 Å². The molecule has 15 nitrogen and oxygen atoms in total. The van der Waals surface area contributed by atoms with Gasteiger partial charge in [0.2, 0.25) is 23.0 Å². The Balaban J connectivity index is 0.000000218. The second-order valence-electron chi connectivity index (χ2n) is 18.1. The van der Waals surface area contributed by atoms with E-state index in [4.69, 9.17) is 27.4 Å². The molecule has 0 atom stereocenters. The van der Waals surface area contributed by atoms with E-state index >= 15 is 0 Å². The van der Waals surface area contributed by atoms with Gasteiger partial charge in [-0.3, -0.25) is 9.59 Å². The van der Waals surface area contributed by atoms with Gasteiger partial charge in [0, 0.05) is 92.5 Å². The van der Waals surface area contributed by atoms with Gasteiger partial charge in [0.15, 0.2) is 0 Å². The molecule has 0 saturated carbocycles. The maximum atomic E-state index is 12.1. The van der Waals surface area contributed by atoms with Crippen molar-refractivity contribution in [3.05, 3.63) is 176 Å². The predicted octanol–water partition coefficient (Wildman–Crippen LogP) is 11.3. The number of nitrogens with two attached hydrogens (primary N) is 1. The number of likely N-dealkylation sites (N-methyl/N-ethyl adjacent to an activating group) is 4. The number of amides is 2. The number of aliphatic hydroxyl groups excluding tert-OH is 1. The van der Waals surface area contributed by atoms with Crippen molar-refractivity contribution < 1.29 is 14.7 Å². The molecule has 0 fully saturated rings. The Bertz CT molecular complexity index is 3140. The summed E-state index contributed by atoms with van der Waals surface area (Å²) in [6.07, 6.45) is 8.11. The number of unbranched alkanes of at least 4 members (excludes halogenated alkanes) is 1. The summed E-state index contributed by atoms with van der Waals surface area (Å²) in [5.41, 5.74) is 16.5. The van der Waals surface area contributed by atoms with Crippen molar-refractivity contribution in [2.45, 2.75) is 19.8 Å². The molecule has 0 saturated heterocycles. The van der Waals surface area contributed by atoms with Gasteiger partial charge in [-0.05, 0) is 106 Å². The molecule has 8 aromatic rings. The Morgan fingerprint density at radius 3 is 1.58 bits per heavy atom. The summed E-state index contributed by atoms with van der Waals surface area (Å²) in [5.74, 6) is -0.0256. The van der Waals surface area contributed by atoms with Crippen LogP contribution in [-0.2, 0) is 9.59 Å². The van der Waals surface area contributed by atoms with Crippen LogP contribution >= 0.6 is 11.6 Å². The number of aromatic nitrogens is 4. The molecule has 76 heavy (non-hydrogen) atoms. The molecule has 2 aromatic heterocycles. The number of nitrogen functional groups attached to an aromatic ring is 1. The third-order valence-corrected chi connectivity index (χ3v) is 11.8. The number of hydrogen-bond donors (Lipinski definition) is 5. The van der Waals surface area contributed by atoms with Crippen molar-refractivity contribution in [2.24, 2.45) is 0 Å². The highest BCUT2D eigenvalue weighted by atomic mass is 35.5. The molecule has 0 radical (unpaired) electrons. The van der Waals surface area contributed by atoms with Crippen LogP contribution in [0.15, 0.2) is 171 Å². The predicted molar refractivity (Wildman–Crippen MR) is 319 cm³/mol. The summed E-state index contributed by atoms with van der Waals surface area (Å²) in [5, 5.41) is 19.3. The molecule has 16 heteroatoms. The highest BCUT2D eigenvalue weighted by molar-refractivity contribution is 6.28. The van der Waals surface area contributed by atoms with Crippen molar-refractivity contribution in [1.82, 2.24) is 29.7 Å².